The number of anilines is 1. The van der Waals surface area contributed by atoms with Gasteiger partial charge in [-0.25, -0.2) is 4.98 Å². The summed E-state index contributed by atoms with van der Waals surface area (Å²) in [6.45, 7) is 2.44. The number of hydrogen-bond acceptors (Lipinski definition) is 4. The molecule has 0 aliphatic carbocycles. The van der Waals surface area contributed by atoms with Crippen LogP contribution in [0.3, 0.4) is 0 Å². The molecule has 20 heavy (non-hydrogen) atoms. The first-order chi connectivity index (χ1) is 9.61. The number of para-hydroxylation sites is 1. The van der Waals surface area contributed by atoms with Crippen LogP contribution in [0.25, 0.3) is 0 Å². The molecular weight excluding hydrogens is 252 g/mol. The summed E-state index contributed by atoms with van der Waals surface area (Å²) in [5.41, 5.74) is 1.93. The van der Waals surface area contributed by atoms with E-state index in [1.165, 1.54) is 0 Å². The fourth-order valence-corrected chi connectivity index (χ4v) is 2.04. The Morgan fingerprint density at radius 2 is 2.00 bits per heavy atom. The lowest BCUT2D eigenvalue weighted by atomic mass is 10.1. The molecule has 1 atom stereocenters. The van der Waals surface area contributed by atoms with E-state index in [4.69, 9.17) is 4.74 Å². The third kappa shape index (κ3) is 3.27. The Morgan fingerprint density at radius 1 is 1.25 bits per heavy atom. The molecule has 2 aromatic rings. The third-order valence-electron chi connectivity index (χ3n) is 3.24. The van der Waals surface area contributed by atoms with Gasteiger partial charge in [0.15, 0.2) is 0 Å². The molecule has 0 aliphatic heterocycles. The minimum atomic E-state index is -0.490. The average Bonchev–Trinajstić information content (AvgIpc) is 2.48. The number of nitrogens with zero attached hydrogens (tertiary/aromatic N) is 2. The van der Waals surface area contributed by atoms with Gasteiger partial charge in [-0.1, -0.05) is 24.3 Å². The SMILES string of the molecule is COc1ccccc1CN(C)c1ccc([C@H](C)O)cn1. The van der Waals surface area contributed by atoms with Crippen LogP contribution >= 0.6 is 0 Å². The minimum absolute atomic E-state index is 0.490. The second kappa shape index (κ2) is 6.39. The number of aliphatic hydroxyl groups excluding tert-OH is 1. The van der Waals surface area contributed by atoms with Gasteiger partial charge < -0.3 is 14.7 Å². The Labute approximate surface area is 119 Å². The number of aliphatic hydroxyl groups is 1. The molecule has 0 unspecified atom stereocenters. The maximum Gasteiger partial charge on any atom is 0.128 e. The Bertz CT molecular complexity index is 553. The highest BCUT2D eigenvalue weighted by atomic mass is 16.5. The van der Waals surface area contributed by atoms with Gasteiger partial charge in [-0.15, -0.1) is 0 Å². The molecule has 106 valence electrons. The monoisotopic (exact) mass is 272 g/mol. The van der Waals surface area contributed by atoms with E-state index in [1.807, 2.05) is 48.3 Å². The lowest BCUT2D eigenvalue weighted by Crippen LogP contribution is -2.18. The van der Waals surface area contributed by atoms with Crippen molar-refractivity contribution in [1.29, 1.82) is 0 Å². The van der Waals surface area contributed by atoms with E-state index in [-0.39, 0.29) is 0 Å². The van der Waals surface area contributed by atoms with Gasteiger partial charge in [0, 0.05) is 25.4 Å². The number of aromatic nitrogens is 1. The molecule has 0 aliphatic rings. The topological polar surface area (TPSA) is 45.6 Å². The van der Waals surface area contributed by atoms with E-state index in [2.05, 4.69) is 4.98 Å². The summed E-state index contributed by atoms with van der Waals surface area (Å²) >= 11 is 0. The van der Waals surface area contributed by atoms with Crippen molar-refractivity contribution in [1.82, 2.24) is 4.98 Å². The van der Waals surface area contributed by atoms with Crippen LogP contribution in [0.5, 0.6) is 5.75 Å². The Hall–Kier alpha value is -2.07. The molecule has 0 amide bonds. The second-order valence-corrected chi connectivity index (χ2v) is 4.79. The third-order valence-corrected chi connectivity index (χ3v) is 3.24. The summed E-state index contributed by atoms with van der Waals surface area (Å²) in [4.78, 5) is 6.42. The van der Waals surface area contributed by atoms with Gasteiger partial charge in [0.2, 0.25) is 0 Å². The van der Waals surface area contributed by atoms with Crippen LogP contribution in [0, 0.1) is 0 Å². The van der Waals surface area contributed by atoms with Crippen molar-refractivity contribution in [3.8, 4) is 5.75 Å². The summed E-state index contributed by atoms with van der Waals surface area (Å²) in [7, 11) is 3.66. The van der Waals surface area contributed by atoms with E-state index < -0.39 is 6.10 Å². The van der Waals surface area contributed by atoms with Crippen LogP contribution in [0.2, 0.25) is 0 Å². The molecule has 0 spiro atoms. The predicted molar refractivity (Wildman–Crippen MR) is 80.0 cm³/mol. The first kappa shape index (κ1) is 14.3. The van der Waals surface area contributed by atoms with Crippen LogP contribution in [-0.4, -0.2) is 24.2 Å². The molecule has 4 nitrogen and oxygen atoms in total. The minimum Gasteiger partial charge on any atom is -0.496 e. The van der Waals surface area contributed by atoms with Crippen molar-refractivity contribution < 1.29 is 9.84 Å². The average molecular weight is 272 g/mol. The number of pyridine rings is 1. The van der Waals surface area contributed by atoms with Crippen LogP contribution in [-0.2, 0) is 6.54 Å². The summed E-state index contributed by atoms with van der Waals surface area (Å²) in [5.74, 6) is 1.74. The van der Waals surface area contributed by atoms with Crippen LogP contribution < -0.4 is 9.64 Å². The number of ether oxygens (including phenoxy) is 1. The lowest BCUT2D eigenvalue weighted by molar-refractivity contribution is 0.199. The predicted octanol–water partition coefficient (Wildman–Crippen LogP) is 2.78. The van der Waals surface area contributed by atoms with Gasteiger partial charge in [0.05, 0.1) is 13.2 Å². The molecule has 1 aromatic heterocycles. The lowest BCUT2D eigenvalue weighted by Gasteiger charge is -2.20. The maximum absolute atomic E-state index is 9.49. The smallest absolute Gasteiger partial charge is 0.128 e. The highest BCUT2D eigenvalue weighted by Crippen LogP contribution is 2.21. The fraction of sp³-hybridized carbons (Fsp3) is 0.312. The Balaban J connectivity index is 2.13. The molecule has 1 N–H and O–H groups in total. The van der Waals surface area contributed by atoms with E-state index >= 15 is 0 Å². The van der Waals surface area contributed by atoms with Crippen molar-refractivity contribution in [2.75, 3.05) is 19.1 Å². The van der Waals surface area contributed by atoms with Crippen molar-refractivity contribution in [3.05, 3.63) is 53.7 Å². The molecule has 1 aromatic carbocycles. The van der Waals surface area contributed by atoms with Crippen molar-refractivity contribution in [2.45, 2.75) is 19.6 Å². The van der Waals surface area contributed by atoms with E-state index in [0.717, 1.165) is 22.7 Å². The molecular formula is C16H20N2O2. The zero-order chi connectivity index (χ0) is 14.5. The van der Waals surface area contributed by atoms with Gasteiger partial charge in [-0.05, 0) is 24.6 Å². The van der Waals surface area contributed by atoms with Gasteiger partial charge in [0.1, 0.15) is 11.6 Å². The van der Waals surface area contributed by atoms with Crippen LogP contribution in [0.4, 0.5) is 5.82 Å². The number of hydrogen-bond donors (Lipinski definition) is 1. The summed E-state index contributed by atoms with van der Waals surface area (Å²) < 4.78 is 5.35. The zero-order valence-electron chi connectivity index (χ0n) is 12.1. The largest absolute Gasteiger partial charge is 0.496 e. The quantitative estimate of drug-likeness (QED) is 0.909. The van der Waals surface area contributed by atoms with Crippen LogP contribution in [0.1, 0.15) is 24.2 Å². The van der Waals surface area contributed by atoms with Crippen molar-refractivity contribution in [2.24, 2.45) is 0 Å². The fourth-order valence-electron chi connectivity index (χ4n) is 2.04. The molecule has 2 rings (SSSR count). The summed E-state index contributed by atoms with van der Waals surface area (Å²) in [6.07, 6.45) is 1.22. The van der Waals surface area contributed by atoms with Gasteiger partial charge in [-0.3, -0.25) is 0 Å². The summed E-state index contributed by atoms with van der Waals surface area (Å²) in [5, 5.41) is 9.49. The molecule has 0 bridgehead atoms. The highest BCUT2D eigenvalue weighted by Gasteiger charge is 2.08. The molecule has 0 radical (unpaired) electrons. The second-order valence-electron chi connectivity index (χ2n) is 4.79. The standard InChI is InChI=1S/C16H20N2O2/c1-12(19)13-8-9-16(17-10-13)18(2)11-14-6-4-5-7-15(14)20-3/h4-10,12,19H,11H2,1-3H3/t12-/m0/s1. The van der Waals surface area contributed by atoms with E-state index in [9.17, 15) is 5.11 Å². The number of rotatable bonds is 5. The van der Waals surface area contributed by atoms with Crippen molar-refractivity contribution in [3.63, 3.8) is 0 Å². The van der Waals surface area contributed by atoms with Crippen LogP contribution in [0.15, 0.2) is 42.6 Å². The molecule has 0 saturated carbocycles. The number of methoxy groups -OCH3 is 1. The molecule has 4 heteroatoms. The normalized spacial score (nSPS) is 12.0. The highest BCUT2D eigenvalue weighted by molar-refractivity contribution is 5.42. The molecule has 0 saturated heterocycles. The van der Waals surface area contributed by atoms with E-state index in [1.54, 1.807) is 20.2 Å². The zero-order valence-corrected chi connectivity index (χ0v) is 12.1. The number of benzene rings is 1. The first-order valence-electron chi connectivity index (χ1n) is 6.59. The van der Waals surface area contributed by atoms with E-state index in [0.29, 0.717) is 6.54 Å². The first-order valence-corrected chi connectivity index (χ1v) is 6.59. The Morgan fingerprint density at radius 3 is 2.60 bits per heavy atom. The Kier molecular flexibility index (Phi) is 4.58. The summed E-state index contributed by atoms with van der Waals surface area (Å²) in [6, 6.07) is 11.8. The maximum atomic E-state index is 9.49. The van der Waals surface area contributed by atoms with Gasteiger partial charge >= 0.3 is 0 Å². The van der Waals surface area contributed by atoms with Gasteiger partial charge in [-0.2, -0.15) is 0 Å². The molecule has 1 heterocycles. The van der Waals surface area contributed by atoms with Gasteiger partial charge in [0.25, 0.3) is 0 Å². The molecule has 0 fully saturated rings. The van der Waals surface area contributed by atoms with Crippen molar-refractivity contribution >= 4 is 5.82 Å².